The van der Waals surface area contributed by atoms with Gasteiger partial charge in [0.1, 0.15) is 6.54 Å². The van der Waals surface area contributed by atoms with Gasteiger partial charge in [0.25, 0.3) is 0 Å². The number of sulfonamides is 1. The summed E-state index contributed by atoms with van der Waals surface area (Å²) < 4.78 is 29.7. The van der Waals surface area contributed by atoms with E-state index in [0.29, 0.717) is 11.3 Å². The molecule has 0 amide bonds. The molecule has 0 atom stereocenters. The lowest BCUT2D eigenvalue weighted by molar-refractivity contribution is -0.143. The summed E-state index contributed by atoms with van der Waals surface area (Å²) in [5, 5.41) is 0. The quantitative estimate of drug-likeness (QED) is 0.610. The Hall–Kier alpha value is -1.60. The molecule has 2 N–H and O–H groups in total. The summed E-state index contributed by atoms with van der Waals surface area (Å²) in [6, 6.07) is 6.56. The van der Waals surface area contributed by atoms with Crippen LogP contribution < -0.4 is 5.73 Å². The first-order valence-corrected chi connectivity index (χ1v) is 7.40. The zero-order chi connectivity index (χ0) is 14.5. The largest absolute Gasteiger partial charge is 0.465 e. The molecule has 7 heteroatoms. The fourth-order valence-electron chi connectivity index (χ4n) is 1.42. The maximum atomic E-state index is 12.0. The third kappa shape index (κ3) is 4.88. The van der Waals surface area contributed by atoms with E-state index in [0.717, 1.165) is 4.31 Å². The number of carbonyl (C=O) groups is 1. The van der Waals surface area contributed by atoms with Gasteiger partial charge in [-0.3, -0.25) is 4.79 Å². The number of hydrogen-bond donors (Lipinski definition) is 1. The normalized spacial score (nSPS) is 11.5. The van der Waals surface area contributed by atoms with Gasteiger partial charge in [0.05, 0.1) is 12.4 Å². The lowest BCUT2D eigenvalue weighted by Crippen LogP contribution is -2.33. The van der Waals surface area contributed by atoms with Crippen molar-refractivity contribution in [3.8, 4) is 0 Å². The van der Waals surface area contributed by atoms with Gasteiger partial charge in [0.2, 0.25) is 10.0 Å². The van der Waals surface area contributed by atoms with Gasteiger partial charge in [0.15, 0.2) is 0 Å². The number of nitrogen functional groups attached to an aromatic ring is 1. The highest BCUT2D eigenvalue weighted by Crippen LogP contribution is 2.11. The molecule has 0 unspecified atom stereocenters. The van der Waals surface area contributed by atoms with Crippen LogP contribution in [0.3, 0.4) is 0 Å². The lowest BCUT2D eigenvalue weighted by Gasteiger charge is -2.16. The van der Waals surface area contributed by atoms with Crippen molar-refractivity contribution in [3.05, 3.63) is 29.8 Å². The molecule has 0 bridgehead atoms. The van der Waals surface area contributed by atoms with E-state index in [4.69, 9.17) is 10.5 Å². The number of nitrogens with zero attached hydrogens (tertiary/aromatic N) is 1. The first kappa shape index (κ1) is 15.5. The zero-order valence-corrected chi connectivity index (χ0v) is 11.8. The Morgan fingerprint density at radius 1 is 1.32 bits per heavy atom. The topological polar surface area (TPSA) is 89.7 Å². The highest BCUT2D eigenvalue weighted by Gasteiger charge is 2.21. The molecule has 0 aliphatic heterocycles. The second-order valence-corrected chi connectivity index (χ2v) is 6.13. The first-order chi connectivity index (χ1) is 8.85. The number of nitrogens with two attached hydrogens (primary N) is 1. The van der Waals surface area contributed by atoms with Crippen LogP contribution >= 0.6 is 0 Å². The average Bonchev–Trinajstić information content (AvgIpc) is 2.32. The Balaban J connectivity index is 2.69. The summed E-state index contributed by atoms with van der Waals surface area (Å²) in [5.41, 5.74) is 6.71. The number of ether oxygens (including phenoxy) is 1. The van der Waals surface area contributed by atoms with Crippen LogP contribution in [0, 0.1) is 0 Å². The highest BCUT2D eigenvalue weighted by atomic mass is 32.2. The van der Waals surface area contributed by atoms with Crippen LogP contribution in [-0.2, 0) is 25.3 Å². The van der Waals surface area contributed by atoms with E-state index < -0.39 is 16.0 Å². The summed E-state index contributed by atoms with van der Waals surface area (Å²) in [7, 11) is -2.20. The molecular weight excluding hydrogens is 268 g/mol. The van der Waals surface area contributed by atoms with Crippen LogP contribution in [0.2, 0.25) is 0 Å². The smallest absolute Gasteiger partial charge is 0.321 e. The Bertz CT molecular complexity index is 525. The molecule has 0 saturated carbocycles. The standard InChI is InChI=1S/C12H18N2O4S/c1-3-18-12(15)8-14(2)19(16,17)9-10-4-6-11(13)7-5-10/h4-7H,3,8-9,13H2,1-2H3. The summed E-state index contributed by atoms with van der Waals surface area (Å²) in [6.07, 6.45) is 0. The van der Waals surface area contributed by atoms with Crippen molar-refractivity contribution < 1.29 is 17.9 Å². The maximum Gasteiger partial charge on any atom is 0.321 e. The predicted octanol–water partition coefficient (Wildman–Crippen LogP) is 0.594. The third-order valence-corrected chi connectivity index (χ3v) is 4.24. The number of anilines is 1. The Labute approximate surface area is 113 Å². The fourth-order valence-corrected chi connectivity index (χ4v) is 2.56. The van der Waals surface area contributed by atoms with Gasteiger partial charge in [-0.15, -0.1) is 0 Å². The molecule has 0 fully saturated rings. The van der Waals surface area contributed by atoms with Gasteiger partial charge < -0.3 is 10.5 Å². The third-order valence-electron chi connectivity index (χ3n) is 2.46. The Morgan fingerprint density at radius 3 is 2.42 bits per heavy atom. The molecule has 0 radical (unpaired) electrons. The van der Waals surface area contributed by atoms with Crippen molar-refractivity contribution in [2.75, 3.05) is 25.9 Å². The predicted molar refractivity (Wildman–Crippen MR) is 72.7 cm³/mol. The minimum atomic E-state index is -3.55. The second kappa shape index (κ2) is 6.53. The number of carbonyl (C=O) groups excluding carboxylic acids is 1. The van der Waals surface area contributed by atoms with Gasteiger partial charge in [-0.2, -0.15) is 4.31 Å². The average molecular weight is 286 g/mol. The summed E-state index contributed by atoms with van der Waals surface area (Å²) >= 11 is 0. The van der Waals surface area contributed by atoms with Crippen LogP contribution in [0.1, 0.15) is 12.5 Å². The van der Waals surface area contributed by atoms with Crippen molar-refractivity contribution in [2.24, 2.45) is 0 Å². The molecule has 0 heterocycles. The zero-order valence-electron chi connectivity index (χ0n) is 11.0. The van der Waals surface area contributed by atoms with Gasteiger partial charge in [-0.05, 0) is 24.6 Å². The minimum Gasteiger partial charge on any atom is -0.465 e. The van der Waals surface area contributed by atoms with E-state index in [1.165, 1.54) is 7.05 Å². The minimum absolute atomic E-state index is 0.177. The Kier molecular flexibility index (Phi) is 5.31. The molecule has 6 nitrogen and oxygen atoms in total. The molecule has 1 aromatic rings. The van der Waals surface area contributed by atoms with Gasteiger partial charge in [-0.25, -0.2) is 8.42 Å². The number of hydrogen-bond acceptors (Lipinski definition) is 5. The highest BCUT2D eigenvalue weighted by molar-refractivity contribution is 7.88. The maximum absolute atomic E-state index is 12.0. The van der Waals surface area contributed by atoms with Gasteiger partial charge in [0, 0.05) is 12.7 Å². The van der Waals surface area contributed by atoms with Crippen molar-refractivity contribution in [2.45, 2.75) is 12.7 Å². The van der Waals surface area contributed by atoms with E-state index >= 15 is 0 Å². The van der Waals surface area contributed by atoms with E-state index in [2.05, 4.69) is 0 Å². The molecule has 0 aliphatic carbocycles. The van der Waals surface area contributed by atoms with Gasteiger partial charge >= 0.3 is 5.97 Å². The SMILES string of the molecule is CCOC(=O)CN(C)S(=O)(=O)Cc1ccc(N)cc1. The summed E-state index contributed by atoms with van der Waals surface area (Å²) in [5.74, 6) is -0.741. The molecule has 1 aromatic carbocycles. The van der Waals surface area contributed by atoms with E-state index in [-0.39, 0.29) is 18.9 Å². The van der Waals surface area contributed by atoms with Crippen LogP contribution in [0.25, 0.3) is 0 Å². The molecule has 0 spiro atoms. The van der Waals surface area contributed by atoms with E-state index in [9.17, 15) is 13.2 Å². The van der Waals surface area contributed by atoms with E-state index in [1.54, 1.807) is 31.2 Å². The van der Waals surface area contributed by atoms with Gasteiger partial charge in [-0.1, -0.05) is 12.1 Å². The molecule has 0 saturated heterocycles. The molecule has 19 heavy (non-hydrogen) atoms. The Morgan fingerprint density at radius 2 is 1.89 bits per heavy atom. The lowest BCUT2D eigenvalue weighted by atomic mass is 10.2. The number of benzene rings is 1. The monoisotopic (exact) mass is 286 g/mol. The van der Waals surface area contributed by atoms with E-state index in [1.807, 2.05) is 0 Å². The van der Waals surface area contributed by atoms with Crippen molar-refractivity contribution in [1.29, 1.82) is 0 Å². The van der Waals surface area contributed by atoms with Crippen molar-refractivity contribution in [1.82, 2.24) is 4.31 Å². The van der Waals surface area contributed by atoms with Crippen LogP contribution in [-0.4, -0.2) is 38.9 Å². The summed E-state index contributed by atoms with van der Waals surface area (Å²) in [6.45, 7) is 1.61. The first-order valence-electron chi connectivity index (χ1n) is 5.79. The molecule has 1 rings (SSSR count). The van der Waals surface area contributed by atoms with Crippen LogP contribution in [0.5, 0.6) is 0 Å². The summed E-state index contributed by atoms with van der Waals surface area (Å²) in [4.78, 5) is 11.3. The fraction of sp³-hybridized carbons (Fsp3) is 0.417. The van der Waals surface area contributed by atoms with Crippen molar-refractivity contribution >= 4 is 21.7 Å². The molecule has 106 valence electrons. The number of esters is 1. The number of rotatable bonds is 6. The number of likely N-dealkylation sites (N-methyl/N-ethyl adjacent to an activating group) is 1. The molecular formula is C12H18N2O4S. The van der Waals surface area contributed by atoms with Crippen LogP contribution in [0.4, 0.5) is 5.69 Å². The van der Waals surface area contributed by atoms with Crippen molar-refractivity contribution in [3.63, 3.8) is 0 Å². The second-order valence-electron chi connectivity index (χ2n) is 4.06. The van der Waals surface area contributed by atoms with Crippen LogP contribution in [0.15, 0.2) is 24.3 Å². The molecule has 0 aromatic heterocycles. The molecule has 0 aliphatic rings.